The molecular formula is C16H23N3O2. The van der Waals surface area contributed by atoms with Crippen LogP contribution in [0, 0.1) is 0 Å². The topological polar surface area (TPSA) is 74.2 Å². The third kappa shape index (κ3) is 5.28. The van der Waals surface area contributed by atoms with Crippen LogP contribution in [0.15, 0.2) is 34.9 Å². The average molecular weight is 289 g/mol. The van der Waals surface area contributed by atoms with Crippen molar-refractivity contribution in [2.75, 3.05) is 6.61 Å². The van der Waals surface area contributed by atoms with E-state index in [0.717, 1.165) is 19.3 Å². The predicted molar refractivity (Wildman–Crippen MR) is 80.8 cm³/mol. The quantitative estimate of drug-likeness (QED) is 0.808. The van der Waals surface area contributed by atoms with E-state index in [1.807, 2.05) is 32.0 Å². The van der Waals surface area contributed by atoms with Crippen LogP contribution in [-0.4, -0.2) is 22.9 Å². The highest BCUT2D eigenvalue weighted by Gasteiger charge is 2.14. The maximum Gasteiger partial charge on any atom is 0.226 e. The van der Waals surface area contributed by atoms with Crippen molar-refractivity contribution in [2.24, 2.45) is 5.73 Å². The standard InChI is InChI=1S/C16H23N3O2/c1-12(2)20-11-14(17)16-18-15(21-19-16)10-6-9-13-7-4-3-5-8-13/h3-5,7-8,12,14H,6,9-11,17H2,1-2H3. The van der Waals surface area contributed by atoms with Gasteiger partial charge in [-0.1, -0.05) is 35.5 Å². The van der Waals surface area contributed by atoms with E-state index in [-0.39, 0.29) is 12.1 Å². The van der Waals surface area contributed by atoms with Crippen LogP contribution in [0.4, 0.5) is 0 Å². The van der Waals surface area contributed by atoms with Crippen molar-refractivity contribution in [3.63, 3.8) is 0 Å². The molecule has 0 aliphatic rings. The number of hydrogen-bond donors (Lipinski definition) is 1. The van der Waals surface area contributed by atoms with E-state index in [9.17, 15) is 0 Å². The van der Waals surface area contributed by atoms with Gasteiger partial charge in [-0.3, -0.25) is 0 Å². The smallest absolute Gasteiger partial charge is 0.226 e. The Morgan fingerprint density at radius 2 is 1.95 bits per heavy atom. The van der Waals surface area contributed by atoms with Gasteiger partial charge in [0.1, 0.15) is 0 Å². The number of hydrogen-bond acceptors (Lipinski definition) is 5. The highest BCUT2D eigenvalue weighted by molar-refractivity contribution is 5.14. The molecular weight excluding hydrogens is 266 g/mol. The zero-order valence-corrected chi connectivity index (χ0v) is 12.7. The fourth-order valence-electron chi connectivity index (χ4n) is 1.98. The summed E-state index contributed by atoms with van der Waals surface area (Å²) in [4.78, 5) is 4.34. The van der Waals surface area contributed by atoms with Gasteiger partial charge in [-0.15, -0.1) is 0 Å². The second kappa shape index (κ2) is 7.90. The van der Waals surface area contributed by atoms with Gasteiger partial charge in [0.25, 0.3) is 0 Å². The molecule has 0 amide bonds. The van der Waals surface area contributed by atoms with Crippen molar-refractivity contribution in [2.45, 2.75) is 45.3 Å². The predicted octanol–water partition coefficient (Wildman–Crippen LogP) is 2.67. The van der Waals surface area contributed by atoms with Gasteiger partial charge in [0.15, 0.2) is 5.82 Å². The number of benzene rings is 1. The fourth-order valence-corrected chi connectivity index (χ4v) is 1.98. The molecule has 2 rings (SSSR count). The Hall–Kier alpha value is -1.72. The van der Waals surface area contributed by atoms with Gasteiger partial charge >= 0.3 is 0 Å². The van der Waals surface area contributed by atoms with E-state index in [1.54, 1.807) is 0 Å². The molecule has 0 spiro atoms. The monoisotopic (exact) mass is 289 g/mol. The summed E-state index contributed by atoms with van der Waals surface area (Å²) in [6.45, 7) is 4.34. The lowest BCUT2D eigenvalue weighted by Gasteiger charge is -2.10. The largest absolute Gasteiger partial charge is 0.377 e. The molecule has 2 aromatic rings. The second-order valence-electron chi connectivity index (χ2n) is 5.37. The molecule has 1 unspecified atom stereocenters. The zero-order chi connectivity index (χ0) is 15.1. The molecule has 1 heterocycles. The summed E-state index contributed by atoms with van der Waals surface area (Å²) in [5.41, 5.74) is 7.29. The van der Waals surface area contributed by atoms with Gasteiger partial charge in [0, 0.05) is 6.42 Å². The summed E-state index contributed by atoms with van der Waals surface area (Å²) in [5.74, 6) is 1.16. The summed E-state index contributed by atoms with van der Waals surface area (Å²) < 4.78 is 10.7. The second-order valence-corrected chi connectivity index (χ2v) is 5.37. The van der Waals surface area contributed by atoms with Crippen LogP contribution >= 0.6 is 0 Å². The first-order valence-electron chi connectivity index (χ1n) is 7.38. The summed E-state index contributed by atoms with van der Waals surface area (Å²) in [5, 5.41) is 3.93. The van der Waals surface area contributed by atoms with Crippen LogP contribution in [0.2, 0.25) is 0 Å². The minimum Gasteiger partial charge on any atom is -0.377 e. The maximum atomic E-state index is 5.97. The number of aromatic nitrogens is 2. The van der Waals surface area contributed by atoms with E-state index < -0.39 is 0 Å². The van der Waals surface area contributed by atoms with Crippen LogP contribution in [-0.2, 0) is 17.6 Å². The fraction of sp³-hybridized carbons (Fsp3) is 0.500. The summed E-state index contributed by atoms with van der Waals surface area (Å²) in [6, 6.07) is 10.0. The van der Waals surface area contributed by atoms with Crippen LogP contribution < -0.4 is 5.73 Å². The van der Waals surface area contributed by atoms with Crippen molar-refractivity contribution in [1.29, 1.82) is 0 Å². The van der Waals surface area contributed by atoms with Gasteiger partial charge in [0.2, 0.25) is 5.89 Å². The first-order valence-corrected chi connectivity index (χ1v) is 7.38. The molecule has 0 radical (unpaired) electrons. The van der Waals surface area contributed by atoms with E-state index in [4.69, 9.17) is 15.0 Å². The first kappa shape index (κ1) is 15.7. The molecule has 2 N–H and O–H groups in total. The summed E-state index contributed by atoms with van der Waals surface area (Å²) >= 11 is 0. The van der Waals surface area contributed by atoms with Crippen molar-refractivity contribution < 1.29 is 9.26 Å². The van der Waals surface area contributed by atoms with E-state index in [0.29, 0.717) is 18.3 Å². The molecule has 5 nitrogen and oxygen atoms in total. The van der Waals surface area contributed by atoms with Gasteiger partial charge in [-0.25, -0.2) is 0 Å². The lowest BCUT2D eigenvalue weighted by Crippen LogP contribution is -2.20. The number of aryl methyl sites for hydroxylation is 2. The van der Waals surface area contributed by atoms with Crippen molar-refractivity contribution in [3.8, 4) is 0 Å². The zero-order valence-electron chi connectivity index (χ0n) is 12.7. The van der Waals surface area contributed by atoms with Crippen molar-refractivity contribution >= 4 is 0 Å². The van der Waals surface area contributed by atoms with Crippen LogP contribution in [0.25, 0.3) is 0 Å². The number of nitrogens with zero attached hydrogens (tertiary/aromatic N) is 2. The molecule has 0 aliphatic carbocycles. The molecule has 21 heavy (non-hydrogen) atoms. The number of rotatable bonds is 8. The summed E-state index contributed by atoms with van der Waals surface area (Å²) in [7, 11) is 0. The molecule has 1 aromatic heterocycles. The average Bonchev–Trinajstić information content (AvgIpc) is 2.95. The lowest BCUT2D eigenvalue weighted by molar-refractivity contribution is 0.0665. The molecule has 1 atom stereocenters. The number of nitrogens with two attached hydrogens (primary N) is 1. The molecule has 0 aliphatic heterocycles. The van der Waals surface area contributed by atoms with E-state index in [1.165, 1.54) is 5.56 Å². The minimum absolute atomic E-state index is 0.147. The Balaban J connectivity index is 1.77. The van der Waals surface area contributed by atoms with Crippen LogP contribution in [0.1, 0.15) is 43.6 Å². The molecule has 1 aromatic carbocycles. The molecule has 0 bridgehead atoms. The molecule has 0 fully saturated rings. The molecule has 5 heteroatoms. The van der Waals surface area contributed by atoms with E-state index >= 15 is 0 Å². The Morgan fingerprint density at radius 1 is 1.19 bits per heavy atom. The Labute approximate surface area is 125 Å². The highest BCUT2D eigenvalue weighted by atomic mass is 16.5. The molecule has 0 saturated heterocycles. The summed E-state index contributed by atoms with van der Waals surface area (Å²) in [6.07, 6.45) is 2.89. The Morgan fingerprint density at radius 3 is 2.67 bits per heavy atom. The van der Waals surface area contributed by atoms with Gasteiger partial charge in [-0.05, 0) is 32.3 Å². The molecule has 0 saturated carbocycles. The molecule has 114 valence electrons. The van der Waals surface area contributed by atoms with Gasteiger partial charge < -0.3 is 15.0 Å². The highest BCUT2D eigenvalue weighted by Crippen LogP contribution is 2.11. The van der Waals surface area contributed by atoms with Gasteiger partial charge in [-0.2, -0.15) is 4.98 Å². The number of ether oxygens (including phenoxy) is 1. The lowest BCUT2D eigenvalue weighted by atomic mass is 10.1. The Bertz CT molecular complexity index is 525. The van der Waals surface area contributed by atoms with Crippen LogP contribution in [0.3, 0.4) is 0 Å². The third-order valence-corrected chi connectivity index (χ3v) is 3.12. The SMILES string of the molecule is CC(C)OCC(N)c1noc(CCCc2ccccc2)n1. The van der Waals surface area contributed by atoms with Crippen LogP contribution in [0.5, 0.6) is 0 Å². The normalized spacial score (nSPS) is 12.8. The first-order chi connectivity index (χ1) is 10.1. The third-order valence-electron chi connectivity index (χ3n) is 3.12. The van der Waals surface area contributed by atoms with E-state index in [2.05, 4.69) is 22.3 Å². The van der Waals surface area contributed by atoms with Crippen molar-refractivity contribution in [3.05, 3.63) is 47.6 Å². The maximum absolute atomic E-state index is 5.97. The van der Waals surface area contributed by atoms with Crippen molar-refractivity contribution in [1.82, 2.24) is 10.1 Å². The van der Waals surface area contributed by atoms with Gasteiger partial charge in [0.05, 0.1) is 18.8 Å². The Kier molecular flexibility index (Phi) is 5.90. The minimum atomic E-state index is -0.334.